The highest BCUT2D eigenvalue weighted by Crippen LogP contribution is 2.68. The summed E-state index contributed by atoms with van der Waals surface area (Å²) in [5.74, 6) is 0.576. The number of hydrogen-bond donors (Lipinski definition) is 4. The van der Waals surface area contributed by atoms with Gasteiger partial charge < -0.3 is 25.4 Å². The first kappa shape index (κ1) is 25.9. The topological polar surface area (TPSA) is 116 Å². The van der Waals surface area contributed by atoms with E-state index in [1.807, 2.05) is 0 Å². The first-order valence-electron chi connectivity index (χ1n) is 13.4. The van der Waals surface area contributed by atoms with Crippen molar-refractivity contribution in [2.75, 3.05) is 13.7 Å². The maximum atomic E-state index is 12.1. The van der Waals surface area contributed by atoms with Crippen molar-refractivity contribution in [3.05, 3.63) is 0 Å². The van der Waals surface area contributed by atoms with Gasteiger partial charge in [-0.3, -0.25) is 9.59 Å². The monoisotopic (exact) mass is 479 g/mol. The SMILES string of the molecule is CO[C@@H]1CC[C@@]2(C)C(C1)C[C@@H](O)C1C2C[C@H](O)[C@@]2(C)C1CCC2[C@H](C)CCC(=O)NCC(=O)O. The van der Waals surface area contributed by atoms with E-state index in [2.05, 4.69) is 26.1 Å². The van der Waals surface area contributed by atoms with Crippen LogP contribution < -0.4 is 5.32 Å². The molecule has 7 heteroatoms. The van der Waals surface area contributed by atoms with E-state index in [-0.39, 0.29) is 47.3 Å². The third-order valence-electron chi connectivity index (χ3n) is 11.1. The van der Waals surface area contributed by atoms with Crippen LogP contribution in [-0.4, -0.2) is 59.2 Å². The van der Waals surface area contributed by atoms with Gasteiger partial charge in [-0.2, -0.15) is 0 Å². The second-order valence-electron chi connectivity index (χ2n) is 12.4. The van der Waals surface area contributed by atoms with Gasteiger partial charge in [-0.25, -0.2) is 0 Å². The van der Waals surface area contributed by atoms with E-state index >= 15 is 0 Å². The Bertz CT molecular complexity index is 774. The number of amides is 1. The Hall–Kier alpha value is -1.18. The predicted molar refractivity (Wildman–Crippen MR) is 128 cm³/mol. The van der Waals surface area contributed by atoms with Gasteiger partial charge in [-0.05, 0) is 97.7 Å². The predicted octanol–water partition coefficient (Wildman–Crippen LogP) is 3.22. The van der Waals surface area contributed by atoms with E-state index in [0.29, 0.717) is 36.5 Å². The number of methoxy groups -OCH3 is 1. The summed E-state index contributed by atoms with van der Waals surface area (Å²) in [6, 6.07) is 0. The molecule has 4 aliphatic carbocycles. The molecule has 0 aromatic heterocycles. The average Bonchev–Trinajstić information content (AvgIpc) is 3.15. The van der Waals surface area contributed by atoms with Crippen LogP contribution in [0.1, 0.15) is 78.6 Å². The van der Waals surface area contributed by atoms with Crippen LogP contribution in [-0.2, 0) is 14.3 Å². The lowest BCUT2D eigenvalue weighted by Crippen LogP contribution is -2.62. The first-order chi connectivity index (χ1) is 16.0. The lowest BCUT2D eigenvalue weighted by Gasteiger charge is -2.63. The minimum absolute atomic E-state index is 0.146. The number of aliphatic hydroxyl groups excluding tert-OH is 2. The molecule has 0 aliphatic heterocycles. The molecule has 4 saturated carbocycles. The number of fused-ring (bicyclic) bond motifs is 5. The van der Waals surface area contributed by atoms with E-state index in [1.165, 1.54) is 0 Å². The Morgan fingerprint density at radius 3 is 2.50 bits per heavy atom. The number of carbonyl (C=O) groups is 2. The van der Waals surface area contributed by atoms with Crippen LogP contribution in [0.4, 0.5) is 0 Å². The molecule has 11 atom stereocenters. The van der Waals surface area contributed by atoms with Gasteiger partial charge in [0.1, 0.15) is 6.54 Å². The van der Waals surface area contributed by atoms with Crippen LogP contribution in [0.15, 0.2) is 0 Å². The van der Waals surface area contributed by atoms with Gasteiger partial charge in [0.2, 0.25) is 5.91 Å². The second kappa shape index (κ2) is 9.70. The molecule has 0 saturated heterocycles. The van der Waals surface area contributed by atoms with Crippen LogP contribution >= 0.6 is 0 Å². The van der Waals surface area contributed by atoms with E-state index < -0.39 is 12.1 Å². The maximum Gasteiger partial charge on any atom is 0.322 e. The largest absolute Gasteiger partial charge is 0.480 e. The Labute approximate surface area is 204 Å². The highest BCUT2D eigenvalue weighted by molar-refractivity contribution is 5.81. The summed E-state index contributed by atoms with van der Waals surface area (Å²) in [4.78, 5) is 22.8. The summed E-state index contributed by atoms with van der Waals surface area (Å²) in [6.07, 6.45) is 7.33. The van der Waals surface area contributed by atoms with Gasteiger partial charge >= 0.3 is 5.97 Å². The zero-order valence-corrected chi connectivity index (χ0v) is 21.3. The van der Waals surface area contributed by atoms with Crippen molar-refractivity contribution in [2.24, 2.45) is 46.3 Å². The standard InChI is InChI=1S/C27H45NO6/c1-15(5-8-23(31)28-14-24(32)33)18-6-7-19-25-20(13-22(30)27(18,19)3)26(2)10-9-17(34-4)11-16(26)12-21(25)29/h15-22,25,29-30H,5-14H2,1-4H3,(H,28,31)(H,32,33)/t15-,16?,17-,18?,19?,20?,21-,22+,25?,26+,27-/m1/s1. The summed E-state index contributed by atoms with van der Waals surface area (Å²) in [7, 11) is 1.79. The van der Waals surface area contributed by atoms with E-state index in [9.17, 15) is 19.8 Å². The molecule has 0 aromatic rings. The number of carboxylic acid groups (broad SMARTS) is 1. The smallest absolute Gasteiger partial charge is 0.322 e. The van der Waals surface area contributed by atoms with Gasteiger partial charge in [0.25, 0.3) is 0 Å². The molecule has 0 aromatic carbocycles. The lowest BCUT2D eigenvalue weighted by atomic mass is 9.43. The number of aliphatic hydroxyl groups is 2. The molecule has 5 unspecified atom stereocenters. The van der Waals surface area contributed by atoms with Gasteiger partial charge in [-0.15, -0.1) is 0 Å². The summed E-state index contributed by atoms with van der Waals surface area (Å²) in [5, 5.41) is 34.3. The number of nitrogens with one attached hydrogen (secondary N) is 1. The van der Waals surface area contributed by atoms with Crippen molar-refractivity contribution in [3.8, 4) is 0 Å². The van der Waals surface area contributed by atoms with Crippen molar-refractivity contribution in [1.29, 1.82) is 0 Å². The van der Waals surface area contributed by atoms with E-state index in [4.69, 9.17) is 9.84 Å². The van der Waals surface area contributed by atoms with Gasteiger partial charge in [0, 0.05) is 13.5 Å². The van der Waals surface area contributed by atoms with Crippen LogP contribution in [0, 0.1) is 46.3 Å². The lowest BCUT2D eigenvalue weighted by molar-refractivity contribution is -0.208. The molecular formula is C27H45NO6. The minimum Gasteiger partial charge on any atom is -0.480 e. The van der Waals surface area contributed by atoms with Gasteiger partial charge in [-0.1, -0.05) is 20.8 Å². The second-order valence-corrected chi connectivity index (χ2v) is 12.4. The maximum absolute atomic E-state index is 12.1. The molecule has 0 radical (unpaired) electrons. The van der Waals surface area contributed by atoms with Crippen molar-refractivity contribution in [2.45, 2.75) is 96.9 Å². The van der Waals surface area contributed by atoms with Crippen molar-refractivity contribution in [1.82, 2.24) is 5.32 Å². The number of carboxylic acids is 1. The normalized spacial score (nSPS) is 46.6. The molecule has 34 heavy (non-hydrogen) atoms. The number of aliphatic carboxylic acids is 1. The van der Waals surface area contributed by atoms with Gasteiger partial charge in [0.05, 0.1) is 18.3 Å². The number of carbonyl (C=O) groups excluding carboxylic acids is 1. The molecule has 0 spiro atoms. The van der Waals surface area contributed by atoms with Crippen LogP contribution in [0.5, 0.6) is 0 Å². The third-order valence-corrected chi connectivity index (χ3v) is 11.1. The van der Waals surface area contributed by atoms with Crippen molar-refractivity contribution >= 4 is 11.9 Å². The fourth-order valence-corrected chi connectivity index (χ4v) is 9.15. The van der Waals surface area contributed by atoms with Gasteiger partial charge in [0.15, 0.2) is 0 Å². The molecule has 194 valence electrons. The van der Waals surface area contributed by atoms with Crippen LogP contribution in [0.2, 0.25) is 0 Å². The van der Waals surface area contributed by atoms with Crippen LogP contribution in [0.25, 0.3) is 0 Å². The molecule has 4 fully saturated rings. The Kier molecular flexibility index (Phi) is 7.39. The molecule has 0 heterocycles. The fourth-order valence-electron chi connectivity index (χ4n) is 9.15. The Morgan fingerprint density at radius 1 is 1.09 bits per heavy atom. The molecule has 4 aliphatic rings. The fraction of sp³-hybridized carbons (Fsp3) is 0.926. The average molecular weight is 480 g/mol. The number of hydrogen-bond acceptors (Lipinski definition) is 5. The van der Waals surface area contributed by atoms with E-state index in [0.717, 1.165) is 44.9 Å². The molecule has 4 rings (SSSR count). The minimum atomic E-state index is -1.04. The molecule has 0 bridgehead atoms. The molecular weight excluding hydrogens is 434 g/mol. The molecule has 4 N–H and O–H groups in total. The third kappa shape index (κ3) is 4.30. The summed E-state index contributed by atoms with van der Waals surface area (Å²) in [6.45, 7) is 6.47. The van der Waals surface area contributed by atoms with E-state index in [1.54, 1.807) is 7.11 Å². The zero-order valence-electron chi connectivity index (χ0n) is 21.3. The highest BCUT2D eigenvalue weighted by Gasteiger charge is 2.65. The van der Waals surface area contributed by atoms with Crippen molar-refractivity contribution in [3.63, 3.8) is 0 Å². The number of ether oxygens (including phenoxy) is 1. The first-order valence-corrected chi connectivity index (χ1v) is 13.4. The van der Waals surface area contributed by atoms with Crippen LogP contribution in [0.3, 0.4) is 0 Å². The molecule has 7 nitrogen and oxygen atoms in total. The Morgan fingerprint density at radius 2 is 1.82 bits per heavy atom. The van der Waals surface area contributed by atoms with Crippen molar-refractivity contribution < 1.29 is 29.6 Å². The Balaban J connectivity index is 1.48. The summed E-state index contributed by atoms with van der Waals surface area (Å²) in [5.41, 5.74) is -0.112. The quantitative estimate of drug-likeness (QED) is 0.446. The highest BCUT2D eigenvalue weighted by atomic mass is 16.5. The summed E-state index contributed by atoms with van der Waals surface area (Å²) >= 11 is 0. The summed E-state index contributed by atoms with van der Waals surface area (Å²) < 4.78 is 5.68. The zero-order chi connectivity index (χ0) is 24.8. The molecule has 1 amide bonds. The number of rotatable bonds is 7.